The highest BCUT2D eigenvalue weighted by atomic mass is 16.5. The zero-order valence-electron chi connectivity index (χ0n) is 13.3. The first-order chi connectivity index (χ1) is 11.0. The fraction of sp³-hybridized carbons (Fsp3) is 0.588. The number of imide groups is 1. The Bertz CT molecular complexity index is 622. The van der Waals surface area contributed by atoms with Crippen molar-refractivity contribution in [2.45, 2.75) is 32.1 Å². The molecule has 0 unspecified atom stereocenters. The Hall–Kier alpha value is -2.11. The van der Waals surface area contributed by atoms with Crippen molar-refractivity contribution in [2.75, 3.05) is 6.61 Å². The number of fused-ring (bicyclic) bond motifs is 2. The number of nitrogens with zero attached hydrogens (tertiary/aromatic N) is 1. The van der Waals surface area contributed by atoms with E-state index in [1.807, 2.05) is 0 Å². The molecule has 2 bridgehead atoms. The third-order valence-electron chi connectivity index (χ3n) is 5.11. The summed E-state index contributed by atoms with van der Waals surface area (Å²) in [7, 11) is 1.72. The molecule has 1 aromatic heterocycles. The van der Waals surface area contributed by atoms with E-state index < -0.39 is 18.4 Å². The molecule has 0 aliphatic heterocycles. The summed E-state index contributed by atoms with van der Waals surface area (Å²) in [6.07, 6.45) is 6.96. The molecule has 0 spiro atoms. The summed E-state index contributed by atoms with van der Waals surface area (Å²) in [6.45, 7) is -0.407. The zero-order chi connectivity index (χ0) is 16.4. The van der Waals surface area contributed by atoms with E-state index in [-0.39, 0.29) is 5.97 Å². The van der Waals surface area contributed by atoms with Gasteiger partial charge in [0.15, 0.2) is 6.61 Å². The largest absolute Gasteiger partial charge is 0.456 e. The van der Waals surface area contributed by atoms with E-state index >= 15 is 0 Å². The number of ether oxygens (including phenoxy) is 1. The van der Waals surface area contributed by atoms with Crippen LogP contribution in [-0.4, -0.2) is 29.0 Å². The minimum absolute atomic E-state index is 0.344. The lowest BCUT2D eigenvalue weighted by molar-refractivity contribution is -0.149. The summed E-state index contributed by atoms with van der Waals surface area (Å²) >= 11 is 0. The van der Waals surface area contributed by atoms with Crippen LogP contribution in [-0.2, 0) is 21.4 Å². The lowest BCUT2D eigenvalue weighted by Gasteiger charge is -2.20. The van der Waals surface area contributed by atoms with Gasteiger partial charge >= 0.3 is 5.97 Å². The van der Waals surface area contributed by atoms with Gasteiger partial charge in [-0.25, -0.2) is 0 Å². The van der Waals surface area contributed by atoms with Crippen LogP contribution in [0.25, 0.3) is 0 Å². The Morgan fingerprint density at radius 2 is 2.13 bits per heavy atom. The van der Waals surface area contributed by atoms with Gasteiger partial charge in [0.1, 0.15) is 5.69 Å². The van der Waals surface area contributed by atoms with Crippen molar-refractivity contribution in [1.29, 1.82) is 0 Å². The quantitative estimate of drug-likeness (QED) is 0.838. The first-order valence-electron chi connectivity index (χ1n) is 8.14. The maximum Gasteiger partial charge on any atom is 0.306 e. The second-order valence-electron chi connectivity index (χ2n) is 6.68. The molecular formula is C17H22N2O4. The lowest BCUT2D eigenvalue weighted by Crippen LogP contribution is -2.35. The van der Waals surface area contributed by atoms with Gasteiger partial charge in [-0.1, -0.05) is 6.42 Å². The number of hydrogen-bond donors (Lipinski definition) is 1. The van der Waals surface area contributed by atoms with Crippen LogP contribution < -0.4 is 5.32 Å². The fourth-order valence-electron chi connectivity index (χ4n) is 3.97. The lowest BCUT2D eigenvalue weighted by atomic mass is 9.86. The first kappa shape index (κ1) is 15.8. The van der Waals surface area contributed by atoms with Crippen LogP contribution in [0.1, 0.15) is 42.6 Å². The van der Waals surface area contributed by atoms with Crippen molar-refractivity contribution in [2.24, 2.45) is 24.8 Å². The van der Waals surface area contributed by atoms with E-state index in [0.29, 0.717) is 24.0 Å². The molecule has 2 fully saturated rings. The Morgan fingerprint density at radius 3 is 2.74 bits per heavy atom. The molecule has 0 radical (unpaired) electrons. The molecule has 23 heavy (non-hydrogen) atoms. The van der Waals surface area contributed by atoms with Crippen LogP contribution in [0.2, 0.25) is 0 Å². The Labute approximate surface area is 135 Å². The van der Waals surface area contributed by atoms with E-state index in [2.05, 4.69) is 5.32 Å². The summed E-state index contributed by atoms with van der Waals surface area (Å²) in [5, 5.41) is 2.22. The molecular weight excluding hydrogens is 296 g/mol. The molecule has 2 aliphatic rings. The molecule has 1 heterocycles. The van der Waals surface area contributed by atoms with Crippen LogP contribution in [0.4, 0.5) is 0 Å². The van der Waals surface area contributed by atoms with Gasteiger partial charge in [-0.3, -0.25) is 19.7 Å². The van der Waals surface area contributed by atoms with Gasteiger partial charge in [0.25, 0.3) is 11.8 Å². The van der Waals surface area contributed by atoms with Crippen molar-refractivity contribution in [3.05, 3.63) is 24.0 Å². The van der Waals surface area contributed by atoms with Crippen molar-refractivity contribution in [3.8, 4) is 0 Å². The topological polar surface area (TPSA) is 77.4 Å². The standard InChI is InChI=1S/C17H22N2O4/c1-19-6-2-3-14(19)17(22)18-15(20)10-23-16(21)9-13-8-11-4-5-12(13)7-11/h2-3,6,11-13H,4-5,7-10H2,1H3,(H,18,20,22)/t11-,12-,13+/m1/s1. The summed E-state index contributed by atoms with van der Waals surface area (Å²) in [5.41, 5.74) is 0.381. The molecule has 3 rings (SSSR count). The van der Waals surface area contributed by atoms with Gasteiger partial charge in [-0.15, -0.1) is 0 Å². The summed E-state index contributed by atoms with van der Waals surface area (Å²) in [6, 6.07) is 3.33. The summed E-state index contributed by atoms with van der Waals surface area (Å²) < 4.78 is 6.63. The van der Waals surface area contributed by atoms with Gasteiger partial charge < -0.3 is 9.30 Å². The van der Waals surface area contributed by atoms with Gasteiger partial charge in [-0.2, -0.15) is 0 Å². The smallest absolute Gasteiger partial charge is 0.306 e. The monoisotopic (exact) mass is 318 g/mol. The molecule has 1 N–H and O–H groups in total. The highest BCUT2D eigenvalue weighted by Gasteiger charge is 2.40. The SMILES string of the molecule is Cn1cccc1C(=O)NC(=O)COC(=O)C[C@@H]1C[C@@H]2CC[C@@H]1C2. The first-order valence-corrected chi connectivity index (χ1v) is 8.14. The van der Waals surface area contributed by atoms with Gasteiger partial charge in [0.05, 0.1) is 0 Å². The van der Waals surface area contributed by atoms with Crippen LogP contribution in [0.5, 0.6) is 0 Å². The average molecular weight is 318 g/mol. The van der Waals surface area contributed by atoms with Crippen LogP contribution in [0.3, 0.4) is 0 Å². The maximum atomic E-state index is 11.9. The summed E-state index contributed by atoms with van der Waals surface area (Å²) in [4.78, 5) is 35.4. The molecule has 2 saturated carbocycles. The number of rotatable bonds is 5. The summed E-state index contributed by atoms with van der Waals surface area (Å²) in [5.74, 6) is 0.409. The number of hydrogen-bond acceptors (Lipinski definition) is 4. The van der Waals surface area contributed by atoms with E-state index in [1.165, 1.54) is 19.3 Å². The predicted molar refractivity (Wildman–Crippen MR) is 82.4 cm³/mol. The predicted octanol–water partition coefficient (Wildman–Crippen LogP) is 1.65. The van der Waals surface area contributed by atoms with Crippen molar-refractivity contribution in [3.63, 3.8) is 0 Å². The molecule has 124 valence electrons. The van der Waals surface area contributed by atoms with E-state index in [9.17, 15) is 14.4 Å². The molecule has 3 atom stereocenters. The van der Waals surface area contributed by atoms with Crippen LogP contribution in [0, 0.1) is 17.8 Å². The number of aromatic nitrogens is 1. The molecule has 1 aromatic rings. The Balaban J connectivity index is 1.39. The molecule has 2 aliphatic carbocycles. The number of amides is 2. The van der Waals surface area contributed by atoms with Crippen molar-refractivity contribution >= 4 is 17.8 Å². The number of carbonyl (C=O) groups is 3. The normalized spacial score (nSPS) is 25.3. The van der Waals surface area contributed by atoms with Crippen LogP contribution in [0.15, 0.2) is 18.3 Å². The van der Waals surface area contributed by atoms with Crippen molar-refractivity contribution < 1.29 is 19.1 Å². The Kier molecular flexibility index (Phi) is 4.50. The highest BCUT2D eigenvalue weighted by molar-refractivity contribution is 6.04. The molecule has 6 heteroatoms. The average Bonchev–Trinajstić information content (AvgIpc) is 3.21. The number of esters is 1. The number of nitrogens with one attached hydrogen (secondary N) is 1. The van der Waals surface area contributed by atoms with Crippen LogP contribution >= 0.6 is 0 Å². The number of aryl methyl sites for hydroxylation is 1. The molecule has 0 saturated heterocycles. The molecule has 2 amide bonds. The van der Waals surface area contributed by atoms with E-state index in [4.69, 9.17) is 4.74 Å². The Morgan fingerprint density at radius 1 is 1.30 bits per heavy atom. The molecule has 0 aromatic carbocycles. The third-order valence-corrected chi connectivity index (χ3v) is 5.11. The fourth-order valence-corrected chi connectivity index (χ4v) is 3.97. The second kappa shape index (κ2) is 6.56. The molecule has 6 nitrogen and oxygen atoms in total. The van der Waals surface area contributed by atoms with Crippen molar-refractivity contribution in [1.82, 2.24) is 9.88 Å². The second-order valence-corrected chi connectivity index (χ2v) is 6.68. The minimum Gasteiger partial charge on any atom is -0.456 e. The minimum atomic E-state index is -0.600. The maximum absolute atomic E-state index is 11.9. The third kappa shape index (κ3) is 3.63. The van der Waals surface area contributed by atoms with Gasteiger partial charge in [0, 0.05) is 19.7 Å². The zero-order valence-corrected chi connectivity index (χ0v) is 13.3. The van der Waals surface area contributed by atoms with Gasteiger partial charge in [0.2, 0.25) is 0 Å². The highest BCUT2D eigenvalue weighted by Crippen LogP contribution is 2.49. The number of carbonyl (C=O) groups excluding carboxylic acids is 3. The van der Waals surface area contributed by atoms with Gasteiger partial charge in [-0.05, 0) is 49.1 Å². The van der Waals surface area contributed by atoms with E-state index in [0.717, 1.165) is 12.3 Å². The van der Waals surface area contributed by atoms with E-state index in [1.54, 1.807) is 29.9 Å².